The average molecular weight is 326 g/mol. The largest absolute Gasteiger partial charge is 0.337 e. The molecule has 1 unspecified atom stereocenters. The molecule has 1 aliphatic heterocycles. The molecule has 1 saturated heterocycles. The summed E-state index contributed by atoms with van der Waals surface area (Å²) in [6.07, 6.45) is 5.12. The van der Waals surface area contributed by atoms with Gasteiger partial charge in [0.15, 0.2) is 0 Å². The van der Waals surface area contributed by atoms with Crippen LogP contribution in [0.15, 0.2) is 6.07 Å². The summed E-state index contributed by atoms with van der Waals surface area (Å²) < 4.78 is 0. The Hall–Kier alpha value is -0.640. The second kappa shape index (κ2) is 6.69. The summed E-state index contributed by atoms with van der Waals surface area (Å²) in [6.45, 7) is 7.53. The van der Waals surface area contributed by atoms with E-state index in [0.717, 1.165) is 29.2 Å². The van der Waals surface area contributed by atoms with Crippen molar-refractivity contribution >= 4 is 21.9 Å². The van der Waals surface area contributed by atoms with Crippen molar-refractivity contribution in [1.29, 1.82) is 0 Å². The van der Waals surface area contributed by atoms with Gasteiger partial charge in [-0.15, -0.1) is 0 Å². The standard InChI is InChI=1S/C15H24BrN3/c1-11(2)14-9-12(3)17-15(18-14)19-8-6-4-5-7-13(19)10-16/h9,11,13H,4-8,10H2,1-3H3. The first-order chi connectivity index (χ1) is 9.11. The number of anilines is 1. The smallest absolute Gasteiger partial charge is 0.226 e. The molecule has 1 aliphatic rings. The fourth-order valence-electron chi connectivity index (χ4n) is 2.60. The molecule has 0 N–H and O–H groups in total. The molecule has 0 bridgehead atoms. The Labute approximate surface area is 125 Å². The molecule has 0 saturated carbocycles. The molecule has 1 aromatic heterocycles. The van der Waals surface area contributed by atoms with Crippen molar-refractivity contribution in [3.63, 3.8) is 0 Å². The van der Waals surface area contributed by atoms with E-state index in [1.54, 1.807) is 0 Å². The first-order valence-electron chi connectivity index (χ1n) is 7.30. The van der Waals surface area contributed by atoms with Crippen molar-refractivity contribution in [1.82, 2.24) is 9.97 Å². The molecule has 1 aromatic rings. The van der Waals surface area contributed by atoms with Gasteiger partial charge >= 0.3 is 0 Å². The Morgan fingerprint density at radius 1 is 1.32 bits per heavy atom. The van der Waals surface area contributed by atoms with Gasteiger partial charge in [0.1, 0.15) is 0 Å². The van der Waals surface area contributed by atoms with Crippen LogP contribution < -0.4 is 4.90 Å². The van der Waals surface area contributed by atoms with Crippen LogP contribution in [0.25, 0.3) is 0 Å². The molecular weight excluding hydrogens is 302 g/mol. The summed E-state index contributed by atoms with van der Waals surface area (Å²) in [5.74, 6) is 1.38. The molecule has 0 amide bonds. The fourth-order valence-corrected chi connectivity index (χ4v) is 3.28. The summed E-state index contributed by atoms with van der Waals surface area (Å²) >= 11 is 3.65. The van der Waals surface area contributed by atoms with Gasteiger partial charge in [-0.3, -0.25) is 0 Å². The van der Waals surface area contributed by atoms with Crippen LogP contribution >= 0.6 is 15.9 Å². The minimum absolute atomic E-state index is 0.454. The lowest BCUT2D eigenvalue weighted by molar-refractivity contribution is 0.611. The van der Waals surface area contributed by atoms with Gasteiger partial charge in [-0.25, -0.2) is 9.97 Å². The van der Waals surface area contributed by atoms with Gasteiger partial charge in [0.05, 0.1) is 0 Å². The van der Waals surface area contributed by atoms with Crippen molar-refractivity contribution in [2.75, 3.05) is 16.8 Å². The van der Waals surface area contributed by atoms with Gasteiger partial charge in [-0.1, -0.05) is 42.6 Å². The van der Waals surface area contributed by atoms with Gasteiger partial charge < -0.3 is 4.90 Å². The van der Waals surface area contributed by atoms with Gasteiger partial charge in [-0.05, 0) is 31.7 Å². The molecule has 19 heavy (non-hydrogen) atoms. The monoisotopic (exact) mass is 325 g/mol. The first-order valence-corrected chi connectivity index (χ1v) is 8.42. The van der Waals surface area contributed by atoms with E-state index in [2.05, 4.69) is 52.7 Å². The summed E-state index contributed by atoms with van der Waals surface area (Å²) in [7, 11) is 0. The van der Waals surface area contributed by atoms with Crippen molar-refractivity contribution in [2.45, 2.75) is 58.4 Å². The van der Waals surface area contributed by atoms with Crippen LogP contribution in [0.1, 0.15) is 56.8 Å². The van der Waals surface area contributed by atoms with Gasteiger partial charge in [0, 0.05) is 29.3 Å². The van der Waals surface area contributed by atoms with E-state index in [-0.39, 0.29) is 0 Å². The van der Waals surface area contributed by atoms with E-state index in [0.29, 0.717) is 12.0 Å². The second-order valence-corrected chi connectivity index (χ2v) is 6.39. The average Bonchev–Trinajstić information content (AvgIpc) is 2.62. The first kappa shape index (κ1) is 14.8. The Balaban J connectivity index is 2.32. The van der Waals surface area contributed by atoms with Crippen LogP contribution in [0.3, 0.4) is 0 Å². The van der Waals surface area contributed by atoms with E-state index in [4.69, 9.17) is 4.98 Å². The predicted octanol–water partition coefficient (Wildman–Crippen LogP) is 4.05. The maximum Gasteiger partial charge on any atom is 0.226 e. The van der Waals surface area contributed by atoms with E-state index in [9.17, 15) is 0 Å². The zero-order valence-corrected chi connectivity index (χ0v) is 13.8. The van der Waals surface area contributed by atoms with Crippen LogP contribution in [0.4, 0.5) is 5.95 Å². The second-order valence-electron chi connectivity index (χ2n) is 5.74. The SMILES string of the molecule is Cc1cc(C(C)C)nc(N2CCCCCC2CBr)n1. The highest BCUT2D eigenvalue weighted by atomic mass is 79.9. The molecule has 2 heterocycles. The van der Waals surface area contributed by atoms with Gasteiger partial charge in [-0.2, -0.15) is 0 Å². The molecule has 1 atom stereocenters. The highest BCUT2D eigenvalue weighted by Crippen LogP contribution is 2.24. The van der Waals surface area contributed by atoms with Crippen LogP contribution in [0.5, 0.6) is 0 Å². The fraction of sp³-hybridized carbons (Fsp3) is 0.733. The van der Waals surface area contributed by atoms with Crippen molar-refractivity contribution in [3.05, 3.63) is 17.5 Å². The van der Waals surface area contributed by atoms with Gasteiger partial charge in [0.2, 0.25) is 5.95 Å². The number of hydrogen-bond acceptors (Lipinski definition) is 3. The van der Waals surface area contributed by atoms with Crippen LogP contribution in [0, 0.1) is 6.92 Å². The van der Waals surface area contributed by atoms with Crippen LogP contribution in [-0.4, -0.2) is 27.9 Å². The quantitative estimate of drug-likeness (QED) is 0.785. The van der Waals surface area contributed by atoms with Gasteiger partial charge in [0.25, 0.3) is 0 Å². The topological polar surface area (TPSA) is 29.0 Å². The number of hydrogen-bond donors (Lipinski definition) is 0. The summed E-state index contributed by atoms with van der Waals surface area (Å²) in [4.78, 5) is 11.9. The third-order valence-electron chi connectivity index (χ3n) is 3.77. The molecule has 0 aliphatic carbocycles. The Kier molecular flexibility index (Phi) is 5.20. The van der Waals surface area contributed by atoms with Crippen LogP contribution in [-0.2, 0) is 0 Å². The summed E-state index contributed by atoms with van der Waals surface area (Å²) in [5, 5.41) is 1.00. The van der Waals surface area contributed by atoms with E-state index in [1.165, 1.54) is 25.7 Å². The Morgan fingerprint density at radius 3 is 2.79 bits per heavy atom. The zero-order chi connectivity index (χ0) is 13.8. The maximum absolute atomic E-state index is 4.79. The molecule has 0 aromatic carbocycles. The minimum atomic E-state index is 0.454. The number of nitrogens with zero attached hydrogens (tertiary/aromatic N) is 3. The molecule has 0 spiro atoms. The maximum atomic E-state index is 4.79. The molecular formula is C15H24BrN3. The van der Waals surface area contributed by atoms with Crippen molar-refractivity contribution in [3.8, 4) is 0 Å². The third-order valence-corrected chi connectivity index (χ3v) is 4.51. The van der Waals surface area contributed by atoms with E-state index >= 15 is 0 Å². The normalized spacial score (nSPS) is 20.7. The lowest BCUT2D eigenvalue weighted by Gasteiger charge is -2.29. The molecule has 1 fully saturated rings. The number of aromatic nitrogens is 2. The Morgan fingerprint density at radius 2 is 2.11 bits per heavy atom. The summed E-state index contributed by atoms with van der Waals surface area (Å²) in [6, 6.07) is 2.64. The molecule has 2 rings (SSSR count). The highest BCUT2D eigenvalue weighted by molar-refractivity contribution is 9.09. The molecule has 106 valence electrons. The lowest BCUT2D eigenvalue weighted by atomic mass is 10.1. The van der Waals surface area contributed by atoms with Crippen molar-refractivity contribution < 1.29 is 0 Å². The third kappa shape index (κ3) is 3.68. The minimum Gasteiger partial charge on any atom is -0.337 e. The number of halogens is 1. The highest BCUT2D eigenvalue weighted by Gasteiger charge is 2.23. The molecule has 3 nitrogen and oxygen atoms in total. The van der Waals surface area contributed by atoms with Crippen molar-refractivity contribution in [2.24, 2.45) is 0 Å². The zero-order valence-electron chi connectivity index (χ0n) is 12.2. The lowest BCUT2D eigenvalue weighted by Crippen LogP contribution is -2.37. The number of rotatable bonds is 3. The molecule has 4 heteroatoms. The molecule has 0 radical (unpaired) electrons. The van der Waals surface area contributed by atoms with Crippen LogP contribution in [0.2, 0.25) is 0 Å². The number of alkyl halides is 1. The summed E-state index contributed by atoms with van der Waals surface area (Å²) in [5.41, 5.74) is 2.23. The predicted molar refractivity (Wildman–Crippen MR) is 84.3 cm³/mol. The number of aryl methyl sites for hydroxylation is 1. The Bertz CT molecular complexity index is 420. The van der Waals surface area contributed by atoms with E-state index in [1.807, 2.05) is 0 Å². The van der Waals surface area contributed by atoms with E-state index < -0.39 is 0 Å².